The Kier molecular flexibility index (Phi) is 10.8. The van der Waals surface area contributed by atoms with Crippen LogP contribution in [0.3, 0.4) is 0 Å². The average molecular weight is 745 g/mol. The summed E-state index contributed by atoms with van der Waals surface area (Å²) in [6, 6.07) is 6.46. The number of cyclic esters (lactones) is 1. The van der Waals surface area contributed by atoms with Crippen LogP contribution in [0.4, 0.5) is 0 Å². The van der Waals surface area contributed by atoms with E-state index in [1.165, 1.54) is 12.0 Å². The molecule has 1 aromatic carbocycles. The highest BCUT2D eigenvalue weighted by atomic mass is 79.9. The zero-order chi connectivity index (χ0) is 35.9. The second kappa shape index (κ2) is 14.3. The molecule has 2 N–H and O–H groups in total. The zero-order valence-corrected chi connectivity index (χ0v) is 31.1. The Hall–Kier alpha value is -3.06. The number of rotatable bonds is 7. The van der Waals surface area contributed by atoms with Crippen molar-refractivity contribution in [3.8, 4) is 0 Å². The Balaban J connectivity index is 1.66. The third-order valence-corrected chi connectivity index (χ3v) is 10.7. The van der Waals surface area contributed by atoms with Crippen LogP contribution < -0.4 is 5.32 Å². The van der Waals surface area contributed by atoms with Crippen molar-refractivity contribution in [3.63, 3.8) is 0 Å². The summed E-state index contributed by atoms with van der Waals surface area (Å²) >= 11 is 3.61. The summed E-state index contributed by atoms with van der Waals surface area (Å²) in [5.41, 5.74) is -1.65. The molecule has 1 spiro atoms. The molecule has 12 heteroatoms. The molecule has 0 saturated carbocycles. The highest BCUT2D eigenvalue weighted by molar-refractivity contribution is 9.11. The van der Waals surface area contributed by atoms with Crippen LogP contribution >= 0.6 is 15.9 Å². The van der Waals surface area contributed by atoms with Gasteiger partial charge in [-0.1, -0.05) is 79.2 Å². The number of ether oxygens (including phenoxy) is 3. The van der Waals surface area contributed by atoms with E-state index in [4.69, 9.17) is 14.2 Å². The molecule has 1 aromatic rings. The van der Waals surface area contributed by atoms with E-state index < -0.39 is 65.2 Å². The SMILES string of the molecule is COC[C@H]1NC(=O)CC/C=C\CN(C(C)(C)CC(C)(C)C)C(=O)[C@@H]2N([C@H](C)CO)C(=O)[C@H]3[C@H](C(=O)O[C@@H]1c1ccccc1)[C@H]1O[C@@]23C=C1Br. The molecular weight excluding hydrogens is 694 g/mol. The predicted octanol–water partition coefficient (Wildman–Crippen LogP) is 4.05. The molecule has 0 radical (unpaired) electrons. The summed E-state index contributed by atoms with van der Waals surface area (Å²) in [5.74, 6) is -3.92. The molecule has 4 aliphatic rings. The minimum absolute atomic E-state index is 0.0606. The number of esters is 1. The minimum Gasteiger partial charge on any atom is -0.455 e. The number of hydrogen-bond acceptors (Lipinski definition) is 8. The van der Waals surface area contributed by atoms with Gasteiger partial charge in [-0.15, -0.1) is 0 Å². The maximum atomic E-state index is 15.1. The molecule has 268 valence electrons. The number of aliphatic hydroxyl groups is 1. The number of aliphatic hydroxyl groups excluding tert-OH is 1. The highest BCUT2D eigenvalue weighted by Gasteiger charge is 2.75. The zero-order valence-electron chi connectivity index (χ0n) is 29.5. The number of nitrogens with one attached hydrogen (secondary N) is 1. The first-order chi connectivity index (χ1) is 23.1. The van der Waals surface area contributed by atoms with Gasteiger partial charge in [0.1, 0.15) is 29.8 Å². The van der Waals surface area contributed by atoms with Crippen LogP contribution in [0.25, 0.3) is 0 Å². The Bertz CT molecular complexity index is 1490. The van der Waals surface area contributed by atoms with Crippen LogP contribution in [0.15, 0.2) is 53.0 Å². The Morgan fingerprint density at radius 3 is 2.39 bits per heavy atom. The number of benzene rings is 1. The lowest BCUT2D eigenvalue weighted by atomic mass is 9.74. The quantitative estimate of drug-likeness (QED) is 0.316. The van der Waals surface area contributed by atoms with Crippen LogP contribution in [-0.2, 0) is 33.4 Å². The molecule has 11 nitrogen and oxygen atoms in total. The molecule has 0 aromatic heterocycles. The first-order valence-electron chi connectivity index (χ1n) is 17.1. The smallest absolute Gasteiger partial charge is 0.313 e. The fourth-order valence-electron chi connectivity index (χ4n) is 8.35. The highest BCUT2D eigenvalue weighted by Crippen LogP contribution is 2.59. The Morgan fingerprint density at radius 1 is 1.06 bits per heavy atom. The van der Waals surface area contributed by atoms with Crippen LogP contribution in [0.1, 0.15) is 72.5 Å². The number of nitrogens with zero attached hydrogens (tertiary/aromatic N) is 2. The number of fused-ring (bicyclic) bond motifs is 2. The molecule has 3 amide bonds. The largest absolute Gasteiger partial charge is 0.455 e. The Morgan fingerprint density at radius 2 is 1.76 bits per heavy atom. The van der Waals surface area contributed by atoms with Crippen molar-refractivity contribution in [2.75, 3.05) is 26.9 Å². The van der Waals surface area contributed by atoms with Crippen LogP contribution in [0.2, 0.25) is 0 Å². The van der Waals surface area contributed by atoms with E-state index in [-0.39, 0.29) is 43.4 Å². The summed E-state index contributed by atoms with van der Waals surface area (Å²) in [4.78, 5) is 60.6. The van der Waals surface area contributed by atoms with E-state index >= 15 is 4.79 Å². The molecule has 2 saturated heterocycles. The van der Waals surface area contributed by atoms with Gasteiger partial charge in [0, 0.05) is 30.1 Å². The molecule has 5 rings (SSSR count). The molecule has 49 heavy (non-hydrogen) atoms. The summed E-state index contributed by atoms with van der Waals surface area (Å²) in [6.45, 7) is 11.9. The minimum atomic E-state index is -1.49. The first kappa shape index (κ1) is 37.2. The topological polar surface area (TPSA) is 135 Å². The molecule has 8 atom stereocenters. The van der Waals surface area contributed by atoms with Gasteiger partial charge in [-0.2, -0.15) is 0 Å². The van der Waals surface area contributed by atoms with E-state index in [1.54, 1.807) is 30.0 Å². The number of allylic oxidation sites excluding steroid dienone is 1. The van der Waals surface area contributed by atoms with Crippen LogP contribution in [-0.4, -0.2) is 101 Å². The third-order valence-electron chi connectivity index (χ3n) is 9.99. The summed E-state index contributed by atoms with van der Waals surface area (Å²) in [6.07, 6.45) is 4.93. The maximum Gasteiger partial charge on any atom is 0.313 e. The summed E-state index contributed by atoms with van der Waals surface area (Å²) in [7, 11) is 1.51. The lowest BCUT2D eigenvalue weighted by molar-refractivity contribution is -0.163. The van der Waals surface area contributed by atoms with Gasteiger partial charge in [-0.25, -0.2) is 0 Å². The fraction of sp³-hybridized carbons (Fsp3) is 0.622. The first-order valence-corrected chi connectivity index (χ1v) is 17.8. The van der Waals surface area contributed by atoms with Crippen molar-refractivity contribution >= 4 is 39.6 Å². The summed E-state index contributed by atoms with van der Waals surface area (Å²) < 4.78 is 19.0. The van der Waals surface area contributed by atoms with E-state index in [0.29, 0.717) is 22.9 Å². The van der Waals surface area contributed by atoms with E-state index in [0.717, 1.165) is 0 Å². The molecule has 5 bridgehead atoms. The van der Waals surface area contributed by atoms with E-state index in [9.17, 15) is 19.5 Å². The number of carbonyl (C=O) groups is 4. The van der Waals surface area contributed by atoms with Crippen molar-refractivity contribution in [1.82, 2.24) is 15.1 Å². The lowest BCUT2D eigenvalue weighted by Gasteiger charge is -2.46. The molecule has 0 unspecified atom stereocenters. The normalized spacial score (nSPS) is 32.5. The van der Waals surface area contributed by atoms with Crippen molar-refractivity contribution < 1.29 is 38.5 Å². The number of hydrogen-bond donors (Lipinski definition) is 2. The summed E-state index contributed by atoms with van der Waals surface area (Å²) in [5, 5.41) is 13.4. The van der Waals surface area contributed by atoms with Crippen molar-refractivity contribution in [2.45, 2.75) is 102 Å². The van der Waals surface area contributed by atoms with Gasteiger partial charge in [0.15, 0.2) is 0 Å². The number of likely N-dealkylation sites (tertiary alicyclic amines) is 1. The van der Waals surface area contributed by atoms with Crippen molar-refractivity contribution in [2.24, 2.45) is 17.3 Å². The van der Waals surface area contributed by atoms with E-state index in [1.807, 2.05) is 44.2 Å². The van der Waals surface area contributed by atoms with Gasteiger partial charge in [0.25, 0.3) is 0 Å². The Labute approximate surface area is 297 Å². The molecule has 2 fully saturated rings. The van der Waals surface area contributed by atoms with Gasteiger partial charge in [0.2, 0.25) is 17.7 Å². The van der Waals surface area contributed by atoms with Gasteiger partial charge in [-0.05, 0) is 50.7 Å². The van der Waals surface area contributed by atoms with Crippen molar-refractivity contribution in [3.05, 3.63) is 58.6 Å². The second-order valence-electron chi connectivity index (χ2n) is 15.5. The van der Waals surface area contributed by atoms with Gasteiger partial charge in [-0.3, -0.25) is 19.2 Å². The number of methoxy groups -OCH3 is 1. The molecular formula is C37H50BrN3O8. The second-order valence-corrected chi connectivity index (χ2v) is 16.4. The number of amides is 3. The predicted molar refractivity (Wildman–Crippen MR) is 186 cm³/mol. The monoisotopic (exact) mass is 743 g/mol. The average Bonchev–Trinajstić information content (AvgIpc) is 3.62. The fourth-order valence-corrected chi connectivity index (χ4v) is 9.08. The van der Waals surface area contributed by atoms with E-state index in [2.05, 4.69) is 42.0 Å². The molecule has 4 aliphatic heterocycles. The number of halogens is 1. The van der Waals surface area contributed by atoms with Gasteiger partial charge < -0.3 is 34.4 Å². The molecule has 4 heterocycles. The maximum absolute atomic E-state index is 15.1. The number of carbonyl (C=O) groups excluding carboxylic acids is 4. The van der Waals surface area contributed by atoms with Crippen LogP contribution in [0.5, 0.6) is 0 Å². The standard InChI is InChI=1S/C37H50BrN3O8/c1-22(19-42)41-31-33(45)40(36(5,6)21-35(2,3)4)17-13-9-12-16-26(43)39-25(20-47-7)29(23-14-10-8-11-15-23)48-34(46)27-28(32(41)44)37(31)18-24(38)30(27)49-37/h8-11,13-15,18,22,25,27-31,42H,12,16-17,19-21H2,1-7H3,(H,39,43)/b13-9-/t22-,25-,27+,28-,29-,30+,31+,37-/m1/s1. The van der Waals surface area contributed by atoms with Gasteiger partial charge in [0.05, 0.1) is 31.2 Å². The molecule has 0 aliphatic carbocycles. The van der Waals surface area contributed by atoms with Crippen molar-refractivity contribution in [1.29, 1.82) is 0 Å². The third kappa shape index (κ3) is 7.11. The van der Waals surface area contributed by atoms with Gasteiger partial charge >= 0.3 is 5.97 Å². The lowest BCUT2D eigenvalue weighted by Crippen LogP contribution is -2.62. The van der Waals surface area contributed by atoms with Crippen LogP contribution in [0, 0.1) is 17.3 Å².